The van der Waals surface area contributed by atoms with Crippen molar-refractivity contribution >= 4 is 17.7 Å². The van der Waals surface area contributed by atoms with Crippen LogP contribution in [0.2, 0.25) is 0 Å². The molecule has 0 aliphatic carbocycles. The van der Waals surface area contributed by atoms with Crippen LogP contribution in [0.3, 0.4) is 0 Å². The second-order valence-electron chi connectivity index (χ2n) is 2.21. The highest BCUT2D eigenvalue weighted by atomic mass is 35.5. The second-order valence-corrected chi connectivity index (χ2v) is 2.53. The normalized spacial score (nSPS) is 19.7. The molecule has 0 bridgehead atoms. The molecule has 11 heavy (non-hydrogen) atoms. The topological polar surface area (TPSA) is 65.6 Å². The van der Waals surface area contributed by atoms with E-state index in [1.54, 1.807) is 5.01 Å². The van der Waals surface area contributed by atoms with Gasteiger partial charge in [-0.05, 0) is 0 Å². The first-order valence-electron chi connectivity index (χ1n) is 3.34. The van der Waals surface area contributed by atoms with Crippen LogP contribution in [0.1, 0.15) is 0 Å². The number of nitrogens with two attached hydrogens (primary N) is 1. The molecule has 0 aromatic carbocycles. The number of nitrogens with zero attached hydrogens (tertiary/aromatic N) is 2. The number of halogens is 1. The molecule has 0 spiro atoms. The maximum absolute atomic E-state index is 7.03. The lowest BCUT2D eigenvalue weighted by atomic mass is 10.5. The first kappa shape index (κ1) is 8.58. The Morgan fingerprint density at radius 2 is 2.09 bits per heavy atom. The first-order chi connectivity index (χ1) is 5.22. The van der Waals surface area contributed by atoms with Gasteiger partial charge < -0.3 is 10.5 Å². The van der Waals surface area contributed by atoms with Crippen molar-refractivity contribution in [2.24, 2.45) is 5.73 Å². The second kappa shape index (κ2) is 3.75. The Kier molecular flexibility index (Phi) is 2.92. The molecule has 6 heteroatoms. The van der Waals surface area contributed by atoms with Crippen LogP contribution in [0, 0.1) is 5.41 Å². The predicted molar refractivity (Wildman–Crippen MR) is 42.0 cm³/mol. The summed E-state index contributed by atoms with van der Waals surface area (Å²) < 4.78 is 6.20. The zero-order valence-electron chi connectivity index (χ0n) is 6.09. The molecule has 0 amide bonds. The standard InChI is InChI=1S/C5H11ClN4O/c6-10(5(7)8)9-1-3-11-4-2-9/h1-4H2,(H3,7,8). The van der Waals surface area contributed by atoms with Gasteiger partial charge in [-0.3, -0.25) is 5.41 Å². The number of rotatable bonds is 1. The number of hydrazine groups is 1. The van der Waals surface area contributed by atoms with Crippen molar-refractivity contribution in [3.05, 3.63) is 0 Å². The van der Waals surface area contributed by atoms with Gasteiger partial charge in [0, 0.05) is 24.9 Å². The molecule has 64 valence electrons. The summed E-state index contributed by atoms with van der Waals surface area (Å²) in [7, 11) is 0. The maximum atomic E-state index is 7.03. The van der Waals surface area contributed by atoms with Crippen molar-refractivity contribution < 1.29 is 4.74 Å². The van der Waals surface area contributed by atoms with Crippen LogP contribution in [0.4, 0.5) is 0 Å². The van der Waals surface area contributed by atoms with Crippen molar-refractivity contribution in [2.75, 3.05) is 26.3 Å². The molecular weight excluding hydrogens is 168 g/mol. The van der Waals surface area contributed by atoms with Crippen molar-refractivity contribution in [2.45, 2.75) is 0 Å². The minimum atomic E-state index is -0.159. The van der Waals surface area contributed by atoms with Crippen molar-refractivity contribution in [1.29, 1.82) is 5.41 Å². The fourth-order valence-electron chi connectivity index (χ4n) is 0.882. The van der Waals surface area contributed by atoms with E-state index in [1.165, 1.54) is 0 Å². The van der Waals surface area contributed by atoms with Gasteiger partial charge in [0.25, 0.3) is 0 Å². The van der Waals surface area contributed by atoms with Gasteiger partial charge in [-0.2, -0.15) is 9.54 Å². The zero-order valence-corrected chi connectivity index (χ0v) is 6.84. The van der Waals surface area contributed by atoms with Crippen LogP contribution in [0.5, 0.6) is 0 Å². The average molecular weight is 179 g/mol. The highest BCUT2D eigenvalue weighted by Gasteiger charge is 2.17. The molecule has 0 atom stereocenters. The van der Waals surface area contributed by atoms with Gasteiger partial charge >= 0.3 is 0 Å². The Balaban J connectivity index is 2.38. The summed E-state index contributed by atoms with van der Waals surface area (Å²) in [6.07, 6.45) is 0. The minimum absolute atomic E-state index is 0.159. The number of ether oxygens (including phenoxy) is 1. The molecule has 0 unspecified atom stereocenters. The van der Waals surface area contributed by atoms with Crippen molar-refractivity contribution in [1.82, 2.24) is 9.54 Å². The van der Waals surface area contributed by atoms with Gasteiger partial charge in [0.1, 0.15) is 0 Å². The van der Waals surface area contributed by atoms with E-state index in [9.17, 15) is 0 Å². The molecule has 3 N–H and O–H groups in total. The first-order valence-corrected chi connectivity index (χ1v) is 3.68. The summed E-state index contributed by atoms with van der Waals surface area (Å²) in [5.74, 6) is -0.159. The molecule has 1 aliphatic heterocycles. The fourth-order valence-corrected chi connectivity index (χ4v) is 1.03. The average Bonchev–Trinajstić information content (AvgIpc) is 2.05. The Morgan fingerprint density at radius 3 is 2.55 bits per heavy atom. The molecule has 0 aromatic rings. The summed E-state index contributed by atoms with van der Waals surface area (Å²) in [4.78, 5) is 0. The summed E-state index contributed by atoms with van der Waals surface area (Å²) in [6, 6.07) is 0. The Bertz CT molecular complexity index is 147. The third-order valence-corrected chi connectivity index (χ3v) is 1.83. The molecule has 1 fully saturated rings. The quantitative estimate of drug-likeness (QED) is 0.325. The summed E-state index contributed by atoms with van der Waals surface area (Å²) in [5.41, 5.74) is 5.16. The molecule has 1 rings (SSSR count). The van der Waals surface area contributed by atoms with E-state index in [-0.39, 0.29) is 5.96 Å². The van der Waals surface area contributed by atoms with E-state index in [2.05, 4.69) is 0 Å². The number of nitrogens with one attached hydrogen (secondary N) is 1. The summed E-state index contributed by atoms with van der Waals surface area (Å²) in [6.45, 7) is 2.64. The third-order valence-electron chi connectivity index (χ3n) is 1.43. The lowest BCUT2D eigenvalue weighted by Crippen LogP contribution is -2.48. The van der Waals surface area contributed by atoms with Crippen molar-refractivity contribution in [3.63, 3.8) is 0 Å². The molecular formula is C5H11ClN4O. The number of guanidine groups is 1. The van der Waals surface area contributed by atoms with Gasteiger partial charge in [0.2, 0.25) is 5.96 Å². The van der Waals surface area contributed by atoms with Crippen molar-refractivity contribution in [3.8, 4) is 0 Å². The van der Waals surface area contributed by atoms with E-state index < -0.39 is 0 Å². The molecule has 0 aromatic heterocycles. The largest absolute Gasteiger partial charge is 0.379 e. The SMILES string of the molecule is N=C(N)N(Cl)N1CCOCC1. The predicted octanol–water partition coefficient (Wildman–Crippen LogP) is -0.417. The minimum Gasteiger partial charge on any atom is -0.379 e. The van der Waals surface area contributed by atoms with Crippen LogP contribution in [-0.2, 0) is 4.74 Å². The zero-order chi connectivity index (χ0) is 8.27. The number of hydrogen-bond donors (Lipinski definition) is 2. The van der Waals surface area contributed by atoms with E-state index >= 15 is 0 Å². The number of hydrogen-bond acceptors (Lipinski definition) is 3. The molecule has 0 saturated carbocycles. The molecule has 1 heterocycles. The lowest BCUT2D eigenvalue weighted by Gasteiger charge is -2.31. The summed E-state index contributed by atoms with van der Waals surface area (Å²) in [5, 5.41) is 8.78. The van der Waals surface area contributed by atoms with Crippen LogP contribution in [0.25, 0.3) is 0 Å². The molecule has 0 radical (unpaired) electrons. The van der Waals surface area contributed by atoms with Crippen LogP contribution < -0.4 is 5.73 Å². The van der Waals surface area contributed by atoms with Crippen LogP contribution in [0.15, 0.2) is 0 Å². The monoisotopic (exact) mass is 178 g/mol. The van der Waals surface area contributed by atoms with Gasteiger partial charge in [-0.25, -0.2) is 0 Å². The maximum Gasteiger partial charge on any atom is 0.218 e. The van der Waals surface area contributed by atoms with E-state index in [0.29, 0.717) is 26.3 Å². The van der Waals surface area contributed by atoms with E-state index in [1.807, 2.05) is 0 Å². The summed E-state index contributed by atoms with van der Waals surface area (Å²) >= 11 is 5.65. The smallest absolute Gasteiger partial charge is 0.218 e. The molecule has 1 saturated heterocycles. The molecule has 5 nitrogen and oxygen atoms in total. The Morgan fingerprint density at radius 1 is 1.55 bits per heavy atom. The Hall–Kier alpha value is -0.520. The van der Waals surface area contributed by atoms with Crippen LogP contribution >= 0.6 is 11.8 Å². The van der Waals surface area contributed by atoms with E-state index in [0.717, 1.165) is 4.53 Å². The molecule has 1 aliphatic rings. The highest BCUT2D eigenvalue weighted by Crippen LogP contribution is 2.04. The van der Waals surface area contributed by atoms with E-state index in [4.69, 9.17) is 27.7 Å². The van der Waals surface area contributed by atoms with Gasteiger partial charge in [0.15, 0.2) is 0 Å². The van der Waals surface area contributed by atoms with Gasteiger partial charge in [-0.1, -0.05) is 0 Å². The fraction of sp³-hybridized carbons (Fsp3) is 0.800. The van der Waals surface area contributed by atoms with Gasteiger partial charge in [0.05, 0.1) is 13.2 Å². The lowest BCUT2D eigenvalue weighted by molar-refractivity contribution is -0.0142. The number of morpholine rings is 1. The third kappa shape index (κ3) is 2.21. The highest BCUT2D eigenvalue weighted by molar-refractivity contribution is 6.20. The Labute approximate surface area is 70.2 Å². The van der Waals surface area contributed by atoms with Gasteiger partial charge in [-0.15, -0.1) is 0 Å². The van der Waals surface area contributed by atoms with Crippen LogP contribution in [-0.4, -0.2) is 41.8 Å².